The van der Waals surface area contributed by atoms with E-state index in [1.54, 1.807) is 5.56 Å². The molecule has 184 valence electrons. The molecule has 1 aromatic rings. The molecule has 3 heteroatoms. The fourth-order valence-electron chi connectivity index (χ4n) is 6.40. The van der Waals surface area contributed by atoms with Crippen LogP contribution in [0.5, 0.6) is 0 Å². The predicted molar refractivity (Wildman–Crippen MR) is 135 cm³/mol. The van der Waals surface area contributed by atoms with E-state index in [0.717, 1.165) is 6.42 Å². The molecule has 5 rings (SSSR count). The lowest BCUT2D eigenvalue weighted by Gasteiger charge is -2.54. The van der Waals surface area contributed by atoms with Gasteiger partial charge in [-0.2, -0.15) is 0 Å². The van der Waals surface area contributed by atoms with Crippen molar-refractivity contribution in [1.82, 2.24) is 0 Å². The van der Waals surface area contributed by atoms with Gasteiger partial charge in [0.25, 0.3) is 0 Å². The number of rotatable bonds is 12. The number of unbranched alkanes of at least 4 members (excludes halogenated alkanes) is 4. The van der Waals surface area contributed by atoms with Crippen LogP contribution in [0.3, 0.4) is 0 Å². The topological polar surface area (TPSA) is 27.7 Å². The Hall–Kier alpha value is -1.16. The molecule has 2 bridgehead atoms. The van der Waals surface area contributed by atoms with Gasteiger partial charge in [-0.1, -0.05) is 82.4 Å². The highest BCUT2D eigenvalue weighted by atomic mass is 16.7. The summed E-state index contributed by atoms with van der Waals surface area (Å²) >= 11 is 0. The summed E-state index contributed by atoms with van der Waals surface area (Å²) in [6.45, 7) is 6.08. The number of fused-ring (bicyclic) bond motifs is 3. The molecule has 4 fully saturated rings. The Labute approximate surface area is 202 Å². The standard InChI is InChI=1S/C30H46O3/c1-3-5-7-8-9-15-29-16-19-30(20-17-29,21-18-29)26-13-11-25(12-14-26)27-23-33-28(24-32-27)31-22-10-6-4-2/h6,10-14,27-28H,3-5,7-9,15-24H2,1-2H3/b10-6+/t27-,28+,29?,30?/m1/s1. The van der Waals surface area contributed by atoms with Gasteiger partial charge >= 0.3 is 0 Å². The van der Waals surface area contributed by atoms with Crippen molar-refractivity contribution >= 4 is 0 Å². The zero-order chi connectivity index (χ0) is 23.0. The third-order valence-electron chi connectivity index (χ3n) is 8.75. The Bertz CT molecular complexity index is 705. The van der Waals surface area contributed by atoms with Gasteiger partial charge in [-0.3, -0.25) is 0 Å². The Kier molecular flexibility index (Phi) is 9.07. The second-order valence-corrected chi connectivity index (χ2v) is 10.9. The smallest absolute Gasteiger partial charge is 0.181 e. The summed E-state index contributed by atoms with van der Waals surface area (Å²) in [5, 5.41) is 0. The van der Waals surface area contributed by atoms with Crippen LogP contribution in [0, 0.1) is 5.41 Å². The van der Waals surface area contributed by atoms with Crippen molar-refractivity contribution in [2.24, 2.45) is 5.41 Å². The van der Waals surface area contributed by atoms with Crippen LogP contribution in [0.4, 0.5) is 0 Å². The summed E-state index contributed by atoms with van der Waals surface area (Å²) in [6.07, 6.45) is 22.0. The van der Waals surface area contributed by atoms with Crippen molar-refractivity contribution in [2.75, 3.05) is 19.8 Å². The maximum absolute atomic E-state index is 6.08. The van der Waals surface area contributed by atoms with Crippen molar-refractivity contribution in [1.29, 1.82) is 0 Å². The van der Waals surface area contributed by atoms with Crippen LogP contribution in [0.15, 0.2) is 36.4 Å². The molecular weight excluding hydrogens is 408 g/mol. The molecular formula is C30H46O3. The van der Waals surface area contributed by atoms with E-state index < -0.39 is 0 Å². The van der Waals surface area contributed by atoms with E-state index in [1.165, 1.54) is 82.6 Å². The van der Waals surface area contributed by atoms with E-state index in [4.69, 9.17) is 14.2 Å². The Balaban J connectivity index is 1.25. The van der Waals surface area contributed by atoms with Crippen molar-refractivity contribution in [3.63, 3.8) is 0 Å². The monoisotopic (exact) mass is 454 g/mol. The fraction of sp³-hybridized carbons (Fsp3) is 0.733. The Morgan fingerprint density at radius 2 is 1.58 bits per heavy atom. The molecule has 1 aliphatic heterocycles. The number of benzene rings is 1. The summed E-state index contributed by atoms with van der Waals surface area (Å²) in [5.41, 5.74) is 3.89. The number of ether oxygens (including phenoxy) is 3. The molecule has 0 spiro atoms. The van der Waals surface area contributed by atoms with Gasteiger partial charge in [-0.05, 0) is 73.3 Å². The predicted octanol–water partition coefficient (Wildman–Crippen LogP) is 8.04. The van der Waals surface area contributed by atoms with E-state index in [1.807, 2.05) is 6.08 Å². The molecule has 1 aromatic carbocycles. The highest BCUT2D eigenvalue weighted by Gasteiger charge is 2.48. The zero-order valence-corrected chi connectivity index (χ0v) is 21.2. The second-order valence-electron chi connectivity index (χ2n) is 10.9. The van der Waals surface area contributed by atoms with Crippen molar-refractivity contribution < 1.29 is 14.2 Å². The first-order chi connectivity index (χ1) is 16.2. The zero-order valence-electron chi connectivity index (χ0n) is 21.2. The molecule has 33 heavy (non-hydrogen) atoms. The van der Waals surface area contributed by atoms with E-state index in [-0.39, 0.29) is 12.4 Å². The molecule has 2 atom stereocenters. The third-order valence-corrected chi connectivity index (χ3v) is 8.75. The molecule has 3 aliphatic carbocycles. The second kappa shape index (κ2) is 12.0. The summed E-state index contributed by atoms with van der Waals surface area (Å²) in [4.78, 5) is 0. The summed E-state index contributed by atoms with van der Waals surface area (Å²) in [6, 6.07) is 9.35. The van der Waals surface area contributed by atoms with E-state index in [2.05, 4.69) is 44.2 Å². The van der Waals surface area contributed by atoms with Crippen LogP contribution < -0.4 is 0 Å². The van der Waals surface area contributed by atoms with Gasteiger partial charge in [0.05, 0.1) is 19.8 Å². The molecule has 3 saturated carbocycles. The minimum absolute atomic E-state index is 0.0145. The van der Waals surface area contributed by atoms with Gasteiger partial charge in [-0.25, -0.2) is 0 Å². The van der Waals surface area contributed by atoms with Gasteiger partial charge in [0, 0.05) is 0 Å². The molecule has 0 amide bonds. The maximum Gasteiger partial charge on any atom is 0.181 e. The summed E-state index contributed by atoms with van der Waals surface area (Å²) < 4.78 is 17.7. The molecule has 3 nitrogen and oxygen atoms in total. The molecule has 0 unspecified atom stereocenters. The van der Waals surface area contributed by atoms with Crippen LogP contribution in [0.1, 0.15) is 115 Å². The number of allylic oxidation sites excluding steroid dienone is 1. The summed E-state index contributed by atoms with van der Waals surface area (Å²) in [5.74, 6) is 0. The highest BCUT2D eigenvalue weighted by Crippen LogP contribution is 2.59. The average molecular weight is 455 g/mol. The lowest BCUT2D eigenvalue weighted by Crippen LogP contribution is -2.44. The highest BCUT2D eigenvalue weighted by molar-refractivity contribution is 5.32. The van der Waals surface area contributed by atoms with Crippen LogP contribution in [-0.4, -0.2) is 26.1 Å². The first kappa shape index (κ1) is 24.9. The van der Waals surface area contributed by atoms with Gasteiger partial charge in [0.15, 0.2) is 6.29 Å². The lowest BCUT2D eigenvalue weighted by atomic mass is 9.51. The first-order valence-corrected chi connectivity index (χ1v) is 13.8. The van der Waals surface area contributed by atoms with Crippen LogP contribution >= 0.6 is 0 Å². The van der Waals surface area contributed by atoms with Crippen LogP contribution in [0.25, 0.3) is 0 Å². The van der Waals surface area contributed by atoms with Crippen LogP contribution in [-0.2, 0) is 19.6 Å². The minimum Gasteiger partial charge on any atom is -0.366 e. The summed E-state index contributed by atoms with van der Waals surface area (Å²) in [7, 11) is 0. The lowest BCUT2D eigenvalue weighted by molar-refractivity contribution is -0.232. The van der Waals surface area contributed by atoms with Crippen molar-refractivity contribution in [3.05, 3.63) is 47.5 Å². The molecule has 1 saturated heterocycles. The number of hydrogen-bond donors (Lipinski definition) is 0. The SMILES string of the molecule is CC/C=C/CO[C@@H]1CO[C@@H](c2ccc(C34CCC(CCCCCCC)(CC3)CC4)cc2)CO1. The quantitative estimate of drug-likeness (QED) is 0.236. The molecule has 0 radical (unpaired) electrons. The van der Waals surface area contributed by atoms with Gasteiger partial charge in [0.1, 0.15) is 6.10 Å². The third kappa shape index (κ3) is 6.29. The Morgan fingerprint density at radius 1 is 0.848 bits per heavy atom. The maximum atomic E-state index is 6.08. The van der Waals surface area contributed by atoms with Gasteiger partial charge in [-0.15, -0.1) is 0 Å². The molecule has 1 heterocycles. The Morgan fingerprint density at radius 3 is 2.21 bits per heavy atom. The fourth-order valence-corrected chi connectivity index (χ4v) is 6.40. The van der Waals surface area contributed by atoms with E-state index >= 15 is 0 Å². The van der Waals surface area contributed by atoms with Crippen molar-refractivity contribution in [2.45, 2.75) is 115 Å². The van der Waals surface area contributed by atoms with Crippen molar-refractivity contribution in [3.8, 4) is 0 Å². The normalized spacial score (nSPS) is 31.9. The van der Waals surface area contributed by atoms with E-state index in [9.17, 15) is 0 Å². The molecule has 0 aromatic heterocycles. The number of hydrogen-bond acceptors (Lipinski definition) is 3. The average Bonchev–Trinajstić information content (AvgIpc) is 2.88. The molecule has 4 aliphatic rings. The van der Waals surface area contributed by atoms with Crippen LogP contribution in [0.2, 0.25) is 0 Å². The largest absolute Gasteiger partial charge is 0.366 e. The minimum atomic E-state index is -0.252. The van der Waals surface area contributed by atoms with E-state index in [0.29, 0.717) is 30.7 Å². The molecule has 0 N–H and O–H groups in total. The first-order valence-electron chi connectivity index (χ1n) is 13.8. The van der Waals surface area contributed by atoms with Gasteiger partial charge in [0.2, 0.25) is 0 Å². The van der Waals surface area contributed by atoms with Gasteiger partial charge < -0.3 is 14.2 Å².